The number of H-pyrrole nitrogens is 1. The molecule has 0 aliphatic carbocycles. The third kappa shape index (κ3) is 7.58. The third-order valence-electron chi connectivity index (χ3n) is 8.72. The molecule has 2 N–H and O–H groups in total. The zero-order valence-corrected chi connectivity index (χ0v) is 26.6. The van der Waals surface area contributed by atoms with Gasteiger partial charge in [0.25, 0.3) is 5.91 Å². The van der Waals surface area contributed by atoms with Crippen molar-refractivity contribution >= 4 is 23.6 Å². The molecule has 1 aromatic heterocycles. The summed E-state index contributed by atoms with van der Waals surface area (Å²) in [6, 6.07) is 16.0. The summed E-state index contributed by atoms with van der Waals surface area (Å²) in [5.74, 6) is 0.437. The number of aromatic amines is 1. The predicted octanol–water partition coefficient (Wildman–Crippen LogP) is 4.71. The Morgan fingerprint density at radius 1 is 1.02 bits per heavy atom. The van der Waals surface area contributed by atoms with Crippen molar-refractivity contribution in [3.05, 3.63) is 66.5 Å². The van der Waals surface area contributed by atoms with Gasteiger partial charge in [-0.2, -0.15) is 5.10 Å². The van der Waals surface area contributed by atoms with Crippen molar-refractivity contribution in [2.75, 3.05) is 44.2 Å². The fraction of sp³-hybridized carbons (Fsp3) is 0.471. The van der Waals surface area contributed by atoms with E-state index in [4.69, 9.17) is 4.74 Å². The molecule has 2 aliphatic heterocycles. The first-order valence-corrected chi connectivity index (χ1v) is 15.7. The van der Waals surface area contributed by atoms with Crippen LogP contribution in [-0.2, 0) is 16.1 Å². The first-order valence-electron chi connectivity index (χ1n) is 15.7. The summed E-state index contributed by atoms with van der Waals surface area (Å²) in [7, 11) is 0. The highest BCUT2D eigenvalue weighted by Gasteiger charge is 2.37. The number of nitrogens with zero attached hydrogens (tertiary/aromatic N) is 5. The Morgan fingerprint density at radius 2 is 1.73 bits per heavy atom. The van der Waals surface area contributed by atoms with Gasteiger partial charge in [0, 0.05) is 75.4 Å². The highest BCUT2D eigenvalue weighted by Crippen LogP contribution is 2.30. The molecule has 0 saturated carbocycles. The van der Waals surface area contributed by atoms with E-state index in [1.807, 2.05) is 35.4 Å². The molecule has 0 radical (unpaired) electrons. The van der Waals surface area contributed by atoms with Crippen molar-refractivity contribution in [1.29, 1.82) is 0 Å². The van der Waals surface area contributed by atoms with E-state index in [1.165, 1.54) is 4.90 Å². The SMILES string of the molecule is CC(C)N(Cc1ccc(-c2cn[nH]c2)cc1)C(=O)C1CCCN(c2cccc(OC(C)(C)C(=O)N3CCN(C(=O)O)CC3)c2)C1. The lowest BCUT2D eigenvalue weighted by Crippen LogP contribution is -2.56. The van der Waals surface area contributed by atoms with E-state index in [1.54, 1.807) is 24.9 Å². The van der Waals surface area contributed by atoms with Crippen LogP contribution in [0.15, 0.2) is 60.9 Å². The molecule has 0 spiro atoms. The van der Waals surface area contributed by atoms with Crippen molar-refractivity contribution in [3.63, 3.8) is 0 Å². The van der Waals surface area contributed by atoms with Gasteiger partial charge in [-0.15, -0.1) is 0 Å². The number of amides is 3. The molecule has 5 rings (SSSR count). The van der Waals surface area contributed by atoms with Crippen molar-refractivity contribution in [1.82, 2.24) is 24.9 Å². The Balaban J connectivity index is 1.21. The van der Waals surface area contributed by atoms with Gasteiger partial charge < -0.3 is 29.4 Å². The number of ether oxygens (including phenoxy) is 1. The number of carboxylic acid groups (broad SMARTS) is 1. The minimum atomic E-state index is -1.13. The normalized spacial score (nSPS) is 17.4. The fourth-order valence-electron chi connectivity index (χ4n) is 6.13. The van der Waals surface area contributed by atoms with E-state index in [0.29, 0.717) is 31.9 Å². The maximum atomic E-state index is 13.9. The van der Waals surface area contributed by atoms with Crippen LogP contribution in [0.5, 0.6) is 5.75 Å². The number of benzene rings is 2. The number of hydrogen-bond acceptors (Lipinski definition) is 6. The molecule has 3 aromatic rings. The van der Waals surface area contributed by atoms with Crippen LogP contribution < -0.4 is 9.64 Å². The summed E-state index contributed by atoms with van der Waals surface area (Å²) >= 11 is 0. The largest absolute Gasteiger partial charge is 0.478 e. The van der Waals surface area contributed by atoms with Crippen molar-refractivity contribution in [2.24, 2.45) is 5.92 Å². The van der Waals surface area contributed by atoms with Crippen LogP contribution in [0, 0.1) is 5.92 Å². The number of carbonyl (C=O) groups excluding carboxylic acids is 2. The lowest BCUT2D eigenvalue weighted by atomic mass is 9.95. The number of aromatic nitrogens is 2. The maximum Gasteiger partial charge on any atom is 0.407 e. The Hall–Kier alpha value is -4.54. The van der Waals surface area contributed by atoms with Crippen LogP contribution in [0.1, 0.15) is 46.1 Å². The first-order chi connectivity index (χ1) is 21.5. The molecule has 2 aromatic carbocycles. The number of piperazine rings is 1. The molecule has 1 atom stereocenters. The van der Waals surface area contributed by atoms with Crippen molar-refractivity contribution in [2.45, 2.75) is 58.7 Å². The van der Waals surface area contributed by atoms with Crippen molar-refractivity contribution in [3.8, 4) is 16.9 Å². The minimum Gasteiger partial charge on any atom is -0.478 e. The topological polar surface area (TPSA) is 122 Å². The van der Waals surface area contributed by atoms with E-state index in [9.17, 15) is 19.5 Å². The Labute approximate surface area is 264 Å². The number of rotatable bonds is 9. The monoisotopic (exact) mass is 616 g/mol. The van der Waals surface area contributed by atoms with Gasteiger partial charge in [0.1, 0.15) is 5.75 Å². The van der Waals surface area contributed by atoms with E-state index < -0.39 is 11.7 Å². The zero-order chi connectivity index (χ0) is 32.1. The maximum absolute atomic E-state index is 13.9. The van der Waals surface area contributed by atoms with E-state index in [-0.39, 0.29) is 36.9 Å². The second kappa shape index (κ2) is 13.6. The van der Waals surface area contributed by atoms with Gasteiger partial charge in [0.15, 0.2) is 5.60 Å². The summed E-state index contributed by atoms with van der Waals surface area (Å²) < 4.78 is 6.24. The van der Waals surface area contributed by atoms with E-state index in [2.05, 4.69) is 53.2 Å². The van der Waals surface area contributed by atoms with Gasteiger partial charge in [0.2, 0.25) is 5.91 Å². The van der Waals surface area contributed by atoms with Crippen LogP contribution >= 0.6 is 0 Å². The summed E-state index contributed by atoms with van der Waals surface area (Å²) in [6.45, 7) is 10.9. The zero-order valence-electron chi connectivity index (χ0n) is 26.6. The fourth-order valence-corrected chi connectivity index (χ4v) is 6.13. The lowest BCUT2D eigenvalue weighted by Gasteiger charge is -2.38. The molecule has 2 aliphatic rings. The number of carbonyl (C=O) groups is 3. The average molecular weight is 617 g/mol. The van der Waals surface area contributed by atoms with Crippen LogP contribution in [-0.4, -0.2) is 98.8 Å². The molecule has 2 fully saturated rings. The number of piperidine rings is 1. The molecule has 3 amide bonds. The lowest BCUT2D eigenvalue weighted by molar-refractivity contribution is -0.147. The van der Waals surface area contributed by atoms with Gasteiger partial charge >= 0.3 is 6.09 Å². The predicted molar refractivity (Wildman–Crippen MR) is 172 cm³/mol. The summed E-state index contributed by atoms with van der Waals surface area (Å²) in [4.78, 5) is 45.6. The third-order valence-corrected chi connectivity index (χ3v) is 8.72. The minimum absolute atomic E-state index is 0.0602. The van der Waals surface area contributed by atoms with E-state index in [0.717, 1.165) is 41.8 Å². The average Bonchev–Trinajstić information content (AvgIpc) is 3.58. The van der Waals surface area contributed by atoms with Crippen molar-refractivity contribution < 1.29 is 24.2 Å². The second-order valence-corrected chi connectivity index (χ2v) is 12.7. The van der Waals surface area contributed by atoms with Crippen LogP contribution in [0.25, 0.3) is 11.1 Å². The molecular weight excluding hydrogens is 572 g/mol. The van der Waals surface area contributed by atoms with Gasteiger partial charge in [-0.05, 0) is 63.8 Å². The quantitative estimate of drug-likeness (QED) is 0.357. The summed E-state index contributed by atoms with van der Waals surface area (Å²) in [5, 5.41) is 16.1. The summed E-state index contributed by atoms with van der Waals surface area (Å²) in [5.41, 5.74) is 3.02. The number of anilines is 1. The number of nitrogens with one attached hydrogen (secondary N) is 1. The molecule has 11 nitrogen and oxygen atoms in total. The van der Waals surface area contributed by atoms with Crippen LogP contribution in [0.3, 0.4) is 0 Å². The van der Waals surface area contributed by atoms with Gasteiger partial charge in [-0.3, -0.25) is 14.7 Å². The van der Waals surface area contributed by atoms with Gasteiger partial charge in [-0.25, -0.2) is 4.79 Å². The number of hydrogen-bond donors (Lipinski definition) is 2. The molecule has 3 heterocycles. The molecule has 0 bridgehead atoms. The Bertz CT molecular complexity index is 1460. The van der Waals surface area contributed by atoms with Gasteiger partial charge in [0.05, 0.1) is 12.1 Å². The molecule has 1 unspecified atom stereocenters. The molecule has 11 heteroatoms. The van der Waals surface area contributed by atoms with Gasteiger partial charge in [-0.1, -0.05) is 30.3 Å². The highest BCUT2D eigenvalue weighted by atomic mass is 16.5. The molecule has 45 heavy (non-hydrogen) atoms. The van der Waals surface area contributed by atoms with E-state index >= 15 is 0 Å². The second-order valence-electron chi connectivity index (χ2n) is 12.7. The van der Waals surface area contributed by atoms with Crippen LogP contribution in [0.4, 0.5) is 10.5 Å². The highest BCUT2D eigenvalue weighted by molar-refractivity contribution is 5.85. The standard InChI is InChI=1S/C34H44N6O5/c1-24(2)40(22-25-10-12-26(13-11-25)28-20-35-36-21-28)31(41)27-7-6-14-39(23-27)29-8-5-9-30(19-29)45-34(3,4)32(42)37-15-17-38(18-16-37)33(43)44/h5,8-13,19-21,24,27H,6-7,14-18,22-23H2,1-4H3,(H,35,36)(H,43,44). The first kappa shape index (κ1) is 31.9. The smallest absolute Gasteiger partial charge is 0.407 e. The Kier molecular flexibility index (Phi) is 9.65. The summed E-state index contributed by atoms with van der Waals surface area (Å²) in [6.07, 6.45) is 4.43. The molecule has 240 valence electrons. The Morgan fingerprint density at radius 3 is 2.38 bits per heavy atom. The molecule has 2 saturated heterocycles. The molecular formula is C34H44N6O5. The van der Waals surface area contributed by atoms with Crippen LogP contribution in [0.2, 0.25) is 0 Å².